The molecule has 1 heterocycles. The summed E-state index contributed by atoms with van der Waals surface area (Å²) in [5.41, 5.74) is 0.101. The molecule has 92 valence electrons. The summed E-state index contributed by atoms with van der Waals surface area (Å²) in [5, 5.41) is 21.2. The Hall–Kier alpha value is -2.34. The Balaban J connectivity index is 2.19. The number of aromatic nitrogens is 2. The molecule has 2 rings (SSSR count). The van der Waals surface area contributed by atoms with Crippen LogP contribution in [-0.2, 0) is 0 Å². The maximum Gasteiger partial charge on any atom is 0.257 e. The lowest BCUT2D eigenvalue weighted by Crippen LogP contribution is -2.12. The third-order valence-corrected chi connectivity index (χ3v) is 2.22. The van der Waals surface area contributed by atoms with Gasteiger partial charge in [0.1, 0.15) is 16.7 Å². The van der Waals surface area contributed by atoms with Gasteiger partial charge in [0.2, 0.25) is 0 Å². The molecule has 0 atom stereocenters. The van der Waals surface area contributed by atoms with Crippen LogP contribution in [0.15, 0.2) is 30.6 Å². The van der Waals surface area contributed by atoms with Crippen molar-refractivity contribution in [2.24, 2.45) is 0 Å². The Bertz CT molecular complexity index is 566. The molecule has 0 unspecified atom stereocenters. The van der Waals surface area contributed by atoms with Crippen molar-refractivity contribution in [1.82, 2.24) is 9.97 Å². The summed E-state index contributed by atoms with van der Waals surface area (Å²) in [4.78, 5) is 19.4. The van der Waals surface area contributed by atoms with Crippen molar-refractivity contribution >= 4 is 23.3 Å². The maximum absolute atomic E-state index is 11.8. The molecular weight excluding hydrogens is 258 g/mol. The molecule has 0 bridgehead atoms. The van der Waals surface area contributed by atoms with Crippen molar-refractivity contribution in [3.05, 3.63) is 41.3 Å². The minimum Gasteiger partial charge on any atom is -0.508 e. The van der Waals surface area contributed by atoms with Crippen LogP contribution in [0.2, 0.25) is 5.15 Å². The minimum atomic E-state index is -0.530. The normalized spacial score (nSPS) is 10.1. The van der Waals surface area contributed by atoms with Gasteiger partial charge in [0, 0.05) is 11.6 Å². The SMILES string of the molecule is O=C(Nc1cnc(Cl)cn1)c1cc(O)cc(O)c1. The molecule has 0 aliphatic carbocycles. The lowest BCUT2D eigenvalue weighted by Gasteiger charge is -2.05. The van der Waals surface area contributed by atoms with Crippen molar-refractivity contribution in [2.75, 3.05) is 5.32 Å². The standard InChI is InChI=1S/C11H8ClN3O3/c12-9-4-14-10(5-13-9)15-11(18)6-1-7(16)3-8(17)2-6/h1-5,16-17H,(H,14,15,18). The van der Waals surface area contributed by atoms with E-state index in [9.17, 15) is 15.0 Å². The van der Waals surface area contributed by atoms with E-state index >= 15 is 0 Å². The summed E-state index contributed by atoms with van der Waals surface area (Å²) in [6.45, 7) is 0. The fourth-order valence-corrected chi connectivity index (χ4v) is 1.39. The van der Waals surface area contributed by atoms with E-state index in [0.717, 1.165) is 6.07 Å². The van der Waals surface area contributed by atoms with Gasteiger partial charge in [0.25, 0.3) is 5.91 Å². The molecule has 0 saturated carbocycles. The van der Waals surface area contributed by atoms with Crippen LogP contribution in [0.4, 0.5) is 5.82 Å². The van der Waals surface area contributed by atoms with E-state index < -0.39 is 5.91 Å². The number of benzene rings is 1. The Labute approximate surface area is 107 Å². The predicted molar refractivity (Wildman–Crippen MR) is 64.8 cm³/mol. The van der Waals surface area contributed by atoms with Crippen LogP contribution in [-0.4, -0.2) is 26.1 Å². The van der Waals surface area contributed by atoms with Gasteiger partial charge in [-0.1, -0.05) is 11.6 Å². The molecule has 18 heavy (non-hydrogen) atoms. The molecule has 1 aromatic heterocycles. The van der Waals surface area contributed by atoms with Gasteiger partial charge >= 0.3 is 0 Å². The molecule has 1 amide bonds. The highest BCUT2D eigenvalue weighted by Gasteiger charge is 2.09. The number of hydrogen-bond donors (Lipinski definition) is 3. The zero-order chi connectivity index (χ0) is 13.1. The molecule has 0 saturated heterocycles. The third-order valence-electron chi connectivity index (χ3n) is 2.03. The Morgan fingerprint density at radius 3 is 2.33 bits per heavy atom. The largest absolute Gasteiger partial charge is 0.508 e. The number of rotatable bonds is 2. The zero-order valence-electron chi connectivity index (χ0n) is 8.96. The van der Waals surface area contributed by atoms with Crippen LogP contribution in [0.5, 0.6) is 11.5 Å². The molecule has 2 aromatic rings. The van der Waals surface area contributed by atoms with Crippen LogP contribution >= 0.6 is 11.6 Å². The van der Waals surface area contributed by atoms with Gasteiger partial charge in [-0.3, -0.25) is 4.79 Å². The smallest absolute Gasteiger partial charge is 0.257 e. The summed E-state index contributed by atoms with van der Waals surface area (Å²) in [6, 6.07) is 3.57. The molecule has 3 N–H and O–H groups in total. The summed E-state index contributed by atoms with van der Waals surface area (Å²) in [7, 11) is 0. The lowest BCUT2D eigenvalue weighted by atomic mass is 10.2. The van der Waals surface area contributed by atoms with Crippen LogP contribution in [0.3, 0.4) is 0 Å². The molecule has 0 fully saturated rings. The molecule has 0 spiro atoms. The number of aromatic hydroxyl groups is 2. The Kier molecular flexibility index (Phi) is 3.29. The second-order valence-corrected chi connectivity index (χ2v) is 3.80. The fourth-order valence-electron chi connectivity index (χ4n) is 1.29. The summed E-state index contributed by atoms with van der Waals surface area (Å²) in [6.07, 6.45) is 2.58. The van der Waals surface area contributed by atoms with Gasteiger partial charge in [-0.15, -0.1) is 0 Å². The van der Waals surface area contributed by atoms with Crippen molar-refractivity contribution < 1.29 is 15.0 Å². The number of nitrogens with zero attached hydrogens (tertiary/aromatic N) is 2. The summed E-state index contributed by atoms with van der Waals surface area (Å²) < 4.78 is 0. The van der Waals surface area contributed by atoms with Gasteiger partial charge in [-0.25, -0.2) is 9.97 Å². The molecule has 7 heteroatoms. The number of hydrogen-bond acceptors (Lipinski definition) is 5. The number of carbonyl (C=O) groups excluding carboxylic acids is 1. The average molecular weight is 266 g/mol. The number of halogens is 1. The first-order valence-electron chi connectivity index (χ1n) is 4.86. The number of amides is 1. The minimum absolute atomic E-state index is 0.101. The van der Waals surface area contributed by atoms with Gasteiger partial charge in [-0.2, -0.15) is 0 Å². The van der Waals surface area contributed by atoms with Crippen molar-refractivity contribution in [2.45, 2.75) is 0 Å². The number of phenols is 2. The number of nitrogens with one attached hydrogen (secondary N) is 1. The second-order valence-electron chi connectivity index (χ2n) is 3.42. The van der Waals surface area contributed by atoms with Crippen LogP contribution in [0.25, 0.3) is 0 Å². The molecular formula is C11H8ClN3O3. The van der Waals surface area contributed by atoms with Gasteiger partial charge in [0.05, 0.1) is 12.4 Å². The Morgan fingerprint density at radius 2 is 1.78 bits per heavy atom. The first-order valence-corrected chi connectivity index (χ1v) is 5.24. The van der Waals surface area contributed by atoms with Crippen molar-refractivity contribution in [3.63, 3.8) is 0 Å². The topological polar surface area (TPSA) is 95.3 Å². The monoisotopic (exact) mass is 265 g/mol. The summed E-state index contributed by atoms with van der Waals surface area (Å²) >= 11 is 5.55. The van der Waals surface area contributed by atoms with Crippen LogP contribution in [0.1, 0.15) is 10.4 Å². The van der Waals surface area contributed by atoms with E-state index in [4.69, 9.17) is 11.6 Å². The maximum atomic E-state index is 11.8. The van der Waals surface area contributed by atoms with Crippen LogP contribution in [0, 0.1) is 0 Å². The number of carbonyl (C=O) groups is 1. The highest BCUT2D eigenvalue weighted by molar-refractivity contribution is 6.29. The number of phenolic OH excluding ortho intramolecular Hbond substituents is 2. The van der Waals surface area contributed by atoms with E-state index in [0.29, 0.717) is 0 Å². The zero-order valence-corrected chi connectivity index (χ0v) is 9.72. The van der Waals surface area contributed by atoms with Gasteiger partial charge < -0.3 is 15.5 Å². The lowest BCUT2D eigenvalue weighted by molar-refractivity contribution is 0.102. The van der Waals surface area contributed by atoms with E-state index in [1.54, 1.807) is 0 Å². The fraction of sp³-hybridized carbons (Fsp3) is 0. The predicted octanol–water partition coefficient (Wildman–Crippen LogP) is 1.79. The van der Waals surface area contributed by atoms with Crippen molar-refractivity contribution in [1.29, 1.82) is 0 Å². The second kappa shape index (κ2) is 4.89. The van der Waals surface area contributed by atoms with E-state index in [-0.39, 0.29) is 28.0 Å². The first-order chi connectivity index (χ1) is 8.54. The van der Waals surface area contributed by atoms with Gasteiger partial charge in [-0.05, 0) is 12.1 Å². The highest BCUT2D eigenvalue weighted by Crippen LogP contribution is 2.21. The van der Waals surface area contributed by atoms with Gasteiger partial charge in [0.15, 0.2) is 5.82 Å². The average Bonchev–Trinajstić information content (AvgIpc) is 2.31. The first kappa shape index (κ1) is 12.1. The van der Waals surface area contributed by atoms with E-state index in [1.807, 2.05) is 0 Å². The quantitative estimate of drug-likeness (QED) is 0.769. The number of anilines is 1. The third kappa shape index (κ3) is 2.86. The Morgan fingerprint density at radius 1 is 1.11 bits per heavy atom. The highest BCUT2D eigenvalue weighted by atomic mass is 35.5. The van der Waals surface area contributed by atoms with E-state index in [1.165, 1.54) is 24.5 Å². The van der Waals surface area contributed by atoms with E-state index in [2.05, 4.69) is 15.3 Å². The molecule has 0 aliphatic heterocycles. The summed E-state index contributed by atoms with van der Waals surface area (Å²) in [5.74, 6) is -0.727. The molecule has 6 nitrogen and oxygen atoms in total. The molecule has 0 radical (unpaired) electrons. The van der Waals surface area contributed by atoms with Crippen LogP contribution < -0.4 is 5.32 Å². The molecule has 1 aromatic carbocycles. The van der Waals surface area contributed by atoms with Crippen molar-refractivity contribution in [3.8, 4) is 11.5 Å². The molecule has 0 aliphatic rings.